The Labute approximate surface area is 149 Å². The van der Waals surface area contributed by atoms with Crippen molar-refractivity contribution in [1.29, 1.82) is 0 Å². The molecule has 0 spiro atoms. The van der Waals surface area contributed by atoms with Gasteiger partial charge in [0.1, 0.15) is 17.2 Å². The fourth-order valence-corrected chi connectivity index (χ4v) is 3.28. The molecule has 12 heteroatoms. The highest BCUT2D eigenvalue weighted by atomic mass is 32.3. The highest BCUT2D eigenvalue weighted by Gasteiger charge is 2.16. The molecule has 0 unspecified atom stereocenters. The number of hydrogen-bond acceptors (Lipinski definition) is 9. The molecule has 2 rings (SSSR count). The fraction of sp³-hybridized carbons (Fsp3) is 0.143. The lowest BCUT2D eigenvalue weighted by Gasteiger charge is -2.04. The van der Waals surface area contributed by atoms with Gasteiger partial charge >= 0.3 is 10.4 Å². The van der Waals surface area contributed by atoms with E-state index in [2.05, 4.69) is 14.4 Å². The van der Waals surface area contributed by atoms with Gasteiger partial charge in [0.2, 0.25) is 0 Å². The Morgan fingerprint density at radius 1 is 0.923 bits per heavy atom. The summed E-state index contributed by atoms with van der Waals surface area (Å²) in [5, 5.41) is 26.4. The Hall–Kier alpha value is -2.54. The number of hydrogen-bond donors (Lipinski definition) is 3. The van der Waals surface area contributed by atoms with Gasteiger partial charge in [-0.05, 0) is 36.4 Å². The number of sulfone groups is 1. The molecule has 0 amide bonds. The molecule has 0 fully saturated rings. The molecule has 0 saturated carbocycles. The predicted octanol–water partition coefficient (Wildman–Crippen LogP) is 2.11. The van der Waals surface area contributed by atoms with Crippen molar-refractivity contribution < 1.29 is 35.8 Å². The van der Waals surface area contributed by atoms with Crippen LogP contribution in [0.25, 0.3) is 0 Å². The molecule has 10 nitrogen and oxygen atoms in total. The summed E-state index contributed by atoms with van der Waals surface area (Å²) >= 11 is 0. The lowest BCUT2D eigenvalue weighted by molar-refractivity contribution is 0.284. The molecule has 3 N–H and O–H groups in total. The maximum atomic E-state index is 12.0. The average molecular weight is 402 g/mol. The molecule has 140 valence electrons. The number of nitrogens with zero attached hydrogens (tertiary/aromatic N) is 2. The SMILES string of the molecule is O=S(=O)(O)OCCS(=O)(=O)c1ccc(/N=N/c2ccc(O)cc2O)cc1. The number of benzene rings is 2. The van der Waals surface area contributed by atoms with Crippen molar-refractivity contribution in [2.75, 3.05) is 12.4 Å². The van der Waals surface area contributed by atoms with E-state index in [4.69, 9.17) is 4.55 Å². The van der Waals surface area contributed by atoms with Gasteiger partial charge in [-0.25, -0.2) is 12.6 Å². The number of rotatable bonds is 7. The molecule has 0 aliphatic carbocycles. The van der Waals surface area contributed by atoms with Crippen LogP contribution in [0.2, 0.25) is 0 Å². The van der Waals surface area contributed by atoms with Crippen LogP contribution in [0.4, 0.5) is 11.4 Å². The van der Waals surface area contributed by atoms with Crippen LogP contribution in [-0.4, -0.2) is 44.0 Å². The molecule has 0 saturated heterocycles. The van der Waals surface area contributed by atoms with Gasteiger partial charge in [-0.2, -0.15) is 13.5 Å². The number of aromatic hydroxyl groups is 2. The minimum absolute atomic E-state index is 0.0946. The van der Waals surface area contributed by atoms with Crippen LogP contribution in [0.3, 0.4) is 0 Å². The minimum atomic E-state index is -4.70. The van der Waals surface area contributed by atoms with Crippen molar-refractivity contribution in [3.63, 3.8) is 0 Å². The second-order valence-electron chi connectivity index (χ2n) is 4.94. The summed E-state index contributed by atoms with van der Waals surface area (Å²) in [5.74, 6) is -1.05. The van der Waals surface area contributed by atoms with Gasteiger partial charge in [-0.1, -0.05) is 0 Å². The first-order valence-corrected chi connectivity index (χ1v) is 9.97. The fourth-order valence-electron chi connectivity index (χ4n) is 1.80. The average Bonchev–Trinajstić information content (AvgIpc) is 2.53. The van der Waals surface area contributed by atoms with Crippen molar-refractivity contribution in [1.82, 2.24) is 0 Å². The van der Waals surface area contributed by atoms with Crippen LogP contribution >= 0.6 is 0 Å². The molecule has 0 aliphatic heterocycles. The lowest BCUT2D eigenvalue weighted by Crippen LogP contribution is -2.15. The molecule has 0 heterocycles. The van der Waals surface area contributed by atoms with Crippen LogP contribution in [-0.2, 0) is 24.4 Å². The van der Waals surface area contributed by atoms with Crippen LogP contribution in [0.15, 0.2) is 57.6 Å². The van der Waals surface area contributed by atoms with Crippen molar-refractivity contribution in [2.24, 2.45) is 10.2 Å². The van der Waals surface area contributed by atoms with Crippen molar-refractivity contribution in [3.05, 3.63) is 42.5 Å². The Balaban J connectivity index is 2.08. The zero-order chi connectivity index (χ0) is 19.4. The summed E-state index contributed by atoms with van der Waals surface area (Å²) in [4.78, 5) is -0.0946. The maximum absolute atomic E-state index is 12.0. The third kappa shape index (κ3) is 5.77. The monoisotopic (exact) mass is 402 g/mol. The highest BCUT2D eigenvalue weighted by molar-refractivity contribution is 7.91. The number of azo groups is 1. The van der Waals surface area contributed by atoms with Gasteiger partial charge in [0, 0.05) is 6.07 Å². The summed E-state index contributed by atoms with van der Waals surface area (Å²) < 4.78 is 57.3. The van der Waals surface area contributed by atoms with E-state index in [0.717, 1.165) is 6.07 Å². The molecule has 0 aliphatic rings. The zero-order valence-electron chi connectivity index (χ0n) is 13.0. The second-order valence-corrected chi connectivity index (χ2v) is 8.14. The normalized spacial score (nSPS) is 12.5. The maximum Gasteiger partial charge on any atom is 0.397 e. The molecule has 0 aromatic heterocycles. The van der Waals surface area contributed by atoms with Gasteiger partial charge in [0.15, 0.2) is 9.84 Å². The zero-order valence-corrected chi connectivity index (χ0v) is 14.7. The van der Waals surface area contributed by atoms with Crippen LogP contribution in [0.5, 0.6) is 11.5 Å². The van der Waals surface area contributed by atoms with Gasteiger partial charge in [-0.3, -0.25) is 4.55 Å². The Bertz CT molecular complexity index is 1020. The standard InChI is InChI=1S/C14H14N2O8S2/c17-11-3-6-13(14(18)9-11)16-15-10-1-4-12(5-2-10)25(19,20)8-7-24-26(21,22)23/h1-6,9,17-18H,7-8H2,(H,21,22,23)/b16-15+. The van der Waals surface area contributed by atoms with Crippen LogP contribution in [0.1, 0.15) is 0 Å². The highest BCUT2D eigenvalue weighted by Crippen LogP contribution is 2.31. The van der Waals surface area contributed by atoms with E-state index in [1.807, 2.05) is 0 Å². The van der Waals surface area contributed by atoms with E-state index in [1.165, 1.54) is 36.4 Å². The molecule has 0 bridgehead atoms. The van der Waals surface area contributed by atoms with E-state index < -0.39 is 32.6 Å². The smallest absolute Gasteiger partial charge is 0.397 e. The summed E-state index contributed by atoms with van der Waals surface area (Å²) in [6, 6.07) is 8.97. The Kier molecular flexibility index (Phi) is 5.92. The number of phenols is 2. The first kappa shape index (κ1) is 19.8. The second kappa shape index (κ2) is 7.78. The molecule has 0 atom stereocenters. The summed E-state index contributed by atoms with van der Waals surface area (Å²) in [6.07, 6.45) is 0. The predicted molar refractivity (Wildman–Crippen MR) is 89.9 cm³/mol. The largest absolute Gasteiger partial charge is 0.508 e. The lowest BCUT2D eigenvalue weighted by atomic mass is 10.3. The van der Waals surface area contributed by atoms with Crippen molar-refractivity contribution >= 4 is 31.6 Å². The topological polar surface area (TPSA) is 163 Å². The van der Waals surface area contributed by atoms with Crippen molar-refractivity contribution in [2.45, 2.75) is 4.90 Å². The van der Waals surface area contributed by atoms with Gasteiger partial charge < -0.3 is 10.2 Å². The van der Waals surface area contributed by atoms with Gasteiger partial charge in [0.05, 0.1) is 22.9 Å². The molecule has 26 heavy (non-hydrogen) atoms. The molecular formula is C14H14N2O8S2. The summed E-state index contributed by atoms with van der Waals surface area (Å²) in [6.45, 7) is -0.719. The first-order valence-electron chi connectivity index (χ1n) is 6.95. The molecule has 0 radical (unpaired) electrons. The third-order valence-corrected chi connectivity index (χ3v) is 5.17. The Morgan fingerprint density at radius 2 is 1.58 bits per heavy atom. The minimum Gasteiger partial charge on any atom is -0.508 e. The number of phenolic OH excluding ortho intramolecular Hbond substituents is 2. The van der Waals surface area contributed by atoms with E-state index >= 15 is 0 Å². The quantitative estimate of drug-likeness (QED) is 0.468. The van der Waals surface area contributed by atoms with Crippen LogP contribution < -0.4 is 0 Å². The van der Waals surface area contributed by atoms with Gasteiger partial charge in [-0.15, -0.1) is 5.11 Å². The summed E-state index contributed by atoms with van der Waals surface area (Å²) in [5.41, 5.74) is 0.410. The molecular weight excluding hydrogens is 388 g/mol. The van der Waals surface area contributed by atoms with E-state index in [1.54, 1.807) is 0 Å². The van der Waals surface area contributed by atoms with Gasteiger partial charge in [0.25, 0.3) is 0 Å². The Morgan fingerprint density at radius 3 is 2.15 bits per heavy atom. The van der Waals surface area contributed by atoms with E-state index in [-0.39, 0.29) is 22.1 Å². The van der Waals surface area contributed by atoms with E-state index in [0.29, 0.717) is 5.69 Å². The third-order valence-electron chi connectivity index (χ3n) is 3.01. The van der Waals surface area contributed by atoms with E-state index in [9.17, 15) is 27.0 Å². The first-order chi connectivity index (χ1) is 12.1. The van der Waals surface area contributed by atoms with Crippen molar-refractivity contribution in [3.8, 4) is 11.5 Å². The molecule has 2 aromatic rings. The van der Waals surface area contributed by atoms with Crippen LogP contribution in [0, 0.1) is 0 Å². The molecule has 2 aromatic carbocycles. The summed E-state index contributed by atoms with van der Waals surface area (Å²) in [7, 11) is -8.52.